The quantitative estimate of drug-likeness (QED) is 0.867. The highest BCUT2D eigenvalue weighted by Gasteiger charge is 2.03. The van der Waals surface area contributed by atoms with Crippen molar-refractivity contribution in [3.63, 3.8) is 0 Å². The van der Waals surface area contributed by atoms with Crippen LogP contribution in [0.1, 0.15) is 13.3 Å². The molecule has 1 rings (SSSR count). The third-order valence-corrected chi connectivity index (χ3v) is 2.69. The lowest BCUT2D eigenvalue weighted by Gasteiger charge is -2.11. The summed E-state index contributed by atoms with van der Waals surface area (Å²) in [4.78, 5) is 0. The van der Waals surface area contributed by atoms with Crippen LogP contribution in [0.5, 0.6) is 5.75 Å². The number of hydrogen-bond donors (Lipinski definition) is 1. The smallest absolute Gasteiger partial charge is 0.137 e. The van der Waals surface area contributed by atoms with Crippen molar-refractivity contribution in [1.82, 2.24) is 0 Å². The van der Waals surface area contributed by atoms with Gasteiger partial charge in [-0.25, -0.2) is 0 Å². The Morgan fingerprint density at radius 1 is 1.40 bits per heavy atom. The molecule has 2 nitrogen and oxygen atoms in total. The second-order valence-corrected chi connectivity index (χ2v) is 4.40. The zero-order valence-electron chi connectivity index (χ0n) is 8.67. The van der Waals surface area contributed by atoms with Crippen LogP contribution in [0.25, 0.3) is 0 Å². The van der Waals surface area contributed by atoms with Crippen molar-refractivity contribution in [3.05, 3.63) is 28.2 Å². The van der Waals surface area contributed by atoms with Crippen molar-refractivity contribution in [2.24, 2.45) is 11.7 Å². The molecule has 0 bridgehead atoms. The summed E-state index contributed by atoms with van der Waals surface area (Å²) in [7, 11) is 0. The lowest BCUT2D eigenvalue weighted by molar-refractivity contribution is 0.286. The number of benzene rings is 1. The van der Waals surface area contributed by atoms with Gasteiger partial charge in [0.05, 0.1) is 11.6 Å². The van der Waals surface area contributed by atoms with E-state index in [1.54, 1.807) is 18.2 Å². The van der Waals surface area contributed by atoms with Crippen LogP contribution in [0, 0.1) is 5.92 Å². The van der Waals surface area contributed by atoms with Crippen LogP contribution in [0.4, 0.5) is 0 Å². The maximum absolute atomic E-state index is 5.94. The standard InChI is InChI=1S/C11H15Cl2NO/c1-8(7-14)4-5-15-11-3-2-9(12)6-10(11)13/h2-3,6,8H,4-5,7,14H2,1H3. The van der Waals surface area contributed by atoms with Crippen LogP contribution in [0.15, 0.2) is 18.2 Å². The summed E-state index contributed by atoms with van der Waals surface area (Å²) in [6.45, 7) is 3.39. The Labute approximate surface area is 100 Å². The molecule has 0 radical (unpaired) electrons. The van der Waals surface area contributed by atoms with Crippen LogP contribution in [0.3, 0.4) is 0 Å². The fraction of sp³-hybridized carbons (Fsp3) is 0.455. The third-order valence-electron chi connectivity index (χ3n) is 2.16. The third kappa shape index (κ3) is 4.29. The fourth-order valence-electron chi connectivity index (χ4n) is 1.08. The van der Waals surface area contributed by atoms with Gasteiger partial charge in [-0.1, -0.05) is 30.1 Å². The van der Waals surface area contributed by atoms with Gasteiger partial charge in [-0.2, -0.15) is 0 Å². The first-order chi connectivity index (χ1) is 7.13. The van der Waals surface area contributed by atoms with Crippen LogP contribution in [-0.2, 0) is 0 Å². The SMILES string of the molecule is CC(CN)CCOc1ccc(Cl)cc1Cl. The van der Waals surface area contributed by atoms with Gasteiger partial charge in [0.25, 0.3) is 0 Å². The Bertz CT molecular complexity index is 317. The molecule has 1 unspecified atom stereocenters. The van der Waals surface area contributed by atoms with Crippen LogP contribution in [0.2, 0.25) is 10.0 Å². The van der Waals surface area contributed by atoms with Crippen molar-refractivity contribution in [1.29, 1.82) is 0 Å². The van der Waals surface area contributed by atoms with E-state index in [0.29, 0.717) is 34.9 Å². The predicted molar refractivity (Wildman–Crippen MR) is 64.8 cm³/mol. The highest BCUT2D eigenvalue weighted by Crippen LogP contribution is 2.27. The predicted octanol–water partition coefficient (Wildman–Crippen LogP) is 3.36. The number of nitrogens with two attached hydrogens (primary N) is 1. The lowest BCUT2D eigenvalue weighted by atomic mass is 10.1. The summed E-state index contributed by atoms with van der Waals surface area (Å²) >= 11 is 11.7. The van der Waals surface area contributed by atoms with Gasteiger partial charge in [0, 0.05) is 5.02 Å². The van der Waals surface area contributed by atoms with E-state index in [4.69, 9.17) is 33.7 Å². The minimum atomic E-state index is 0.469. The Morgan fingerprint density at radius 3 is 2.73 bits per heavy atom. The average Bonchev–Trinajstić information content (AvgIpc) is 2.21. The van der Waals surface area contributed by atoms with Gasteiger partial charge in [-0.05, 0) is 37.1 Å². The van der Waals surface area contributed by atoms with Gasteiger partial charge in [0.15, 0.2) is 0 Å². The molecule has 0 spiro atoms. The van der Waals surface area contributed by atoms with E-state index in [9.17, 15) is 0 Å². The van der Waals surface area contributed by atoms with Gasteiger partial charge in [0.1, 0.15) is 5.75 Å². The van der Waals surface area contributed by atoms with E-state index in [2.05, 4.69) is 6.92 Å². The Kier molecular flexibility index (Phi) is 5.23. The molecule has 0 amide bonds. The van der Waals surface area contributed by atoms with Gasteiger partial charge in [-0.15, -0.1) is 0 Å². The Morgan fingerprint density at radius 2 is 2.13 bits per heavy atom. The van der Waals surface area contributed by atoms with Crippen LogP contribution >= 0.6 is 23.2 Å². The second kappa shape index (κ2) is 6.21. The highest BCUT2D eigenvalue weighted by molar-refractivity contribution is 6.35. The van der Waals surface area contributed by atoms with Crippen LogP contribution < -0.4 is 10.5 Å². The van der Waals surface area contributed by atoms with Crippen molar-refractivity contribution < 1.29 is 4.74 Å². The summed E-state index contributed by atoms with van der Waals surface area (Å²) < 4.78 is 5.52. The molecule has 0 saturated carbocycles. The van der Waals surface area contributed by atoms with E-state index in [-0.39, 0.29) is 0 Å². The molecular weight excluding hydrogens is 233 g/mol. The number of hydrogen-bond acceptors (Lipinski definition) is 2. The van der Waals surface area contributed by atoms with Gasteiger partial charge < -0.3 is 10.5 Å². The first-order valence-electron chi connectivity index (χ1n) is 4.91. The second-order valence-electron chi connectivity index (χ2n) is 3.55. The maximum Gasteiger partial charge on any atom is 0.137 e. The first-order valence-corrected chi connectivity index (χ1v) is 5.67. The van der Waals surface area contributed by atoms with Crippen molar-refractivity contribution in [2.45, 2.75) is 13.3 Å². The maximum atomic E-state index is 5.94. The van der Waals surface area contributed by atoms with Crippen molar-refractivity contribution in [2.75, 3.05) is 13.2 Å². The number of rotatable bonds is 5. The van der Waals surface area contributed by atoms with Gasteiger partial charge in [0.2, 0.25) is 0 Å². The summed E-state index contributed by atoms with van der Waals surface area (Å²) in [5.41, 5.74) is 5.50. The molecule has 1 aromatic rings. The molecule has 0 heterocycles. The molecule has 2 N–H and O–H groups in total. The zero-order chi connectivity index (χ0) is 11.3. The number of halogens is 2. The van der Waals surface area contributed by atoms with E-state index < -0.39 is 0 Å². The molecule has 1 aromatic carbocycles. The molecular formula is C11H15Cl2NO. The summed E-state index contributed by atoms with van der Waals surface area (Å²) in [5, 5.41) is 1.16. The molecule has 0 aliphatic carbocycles. The Hall–Kier alpha value is -0.440. The van der Waals surface area contributed by atoms with Crippen molar-refractivity contribution >= 4 is 23.2 Å². The molecule has 0 saturated heterocycles. The van der Waals surface area contributed by atoms with Gasteiger partial charge >= 0.3 is 0 Å². The highest BCUT2D eigenvalue weighted by atomic mass is 35.5. The average molecular weight is 248 g/mol. The molecule has 0 aromatic heterocycles. The zero-order valence-corrected chi connectivity index (χ0v) is 10.2. The fourth-order valence-corrected chi connectivity index (χ4v) is 1.54. The van der Waals surface area contributed by atoms with E-state index in [1.807, 2.05) is 0 Å². The lowest BCUT2D eigenvalue weighted by Crippen LogP contribution is -2.13. The van der Waals surface area contributed by atoms with Gasteiger partial charge in [-0.3, -0.25) is 0 Å². The Balaban J connectivity index is 2.44. The molecule has 1 atom stereocenters. The van der Waals surface area contributed by atoms with E-state index in [0.717, 1.165) is 6.42 Å². The summed E-state index contributed by atoms with van der Waals surface area (Å²) in [6, 6.07) is 5.21. The molecule has 4 heteroatoms. The molecule has 84 valence electrons. The number of ether oxygens (including phenoxy) is 1. The minimum absolute atomic E-state index is 0.469. The summed E-state index contributed by atoms with van der Waals surface area (Å²) in [6.07, 6.45) is 0.926. The molecule has 0 fully saturated rings. The van der Waals surface area contributed by atoms with Crippen molar-refractivity contribution in [3.8, 4) is 5.75 Å². The monoisotopic (exact) mass is 247 g/mol. The first kappa shape index (κ1) is 12.6. The molecule has 15 heavy (non-hydrogen) atoms. The molecule has 0 aliphatic heterocycles. The largest absolute Gasteiger partial charge is 0.492 e. The van der Waals surface area contributed by atoms with E-state index in [1.165, 1.54) is 0 Å². The minimum Gasteiger partial charge on any atom is -0.492 e. The topological polar surface area (TPSA) is 35.2 Å². The molecule has 0 aliphatic rings. The normalized spacial score (nSPS) is 12.5. The summed E-state index contributed by atoms with van der Waals surface area (Å²) in [5.74, 6) is 1.14. The van der Waals surface area contributed by atoms with E-state index >= 15 is 0 Å². The van der Waals surface area contributed by atoms with Crippen LogP contribution in [-0.4, -0.2) is 13.2 Å².